The van der Waals surface area contributed by atoms with Gasteiger partial charge in [-0.3, -0.25) is 4.40 Å². The molecule has 1 atom stereocenters. The number of nitrogens with one attached hydrogen (secondary N) is 1. The Morgan fingerprint density at radius 1 is 1.37 bits per heavy atom. The van der Waals surface area contributed by atoms with Crippen molar-refractivity contribution >= 4 is 11.7 Å². The zero-order valence-corrected chi connectivity index (χ0v) is 15.5. The van der Waals surface area contributed by atoms with Crippen molar-refractivity contribution in [1.29, 1.82) is 0 Å². The van der Waals surface area contributed by atoms with Crippen molar-refractivity contribution < 1.29 is 9.32 Å². The zero-order chi connectivity index (χ0) is 18.8. The smallest absolute Gasteiger partial charge is 0.317 e. The molecule has 0 saturated carbocycles. The Kier molecular flexibility index (Phi) is 4.74. The average molecular weight is 369 g/mol. The number of nitrogens with zero attached hydrogens (tertiary/aromatic N) is 6. The molecule has 4 heterocycles. The standard InChI is InChI=1S/C18H23N7O2/c1-12(2)16-20-17(27-23-16)13-6-5-8-24(11-13)18(26)19-10-15-22-21-14-7-3-4-9-25(14)15/h3-4,7,9,12-13H,5-6,8,10-11H2,1-2H3,(H,19,26)/t13-/m1/s1. The van der Waals surface area contributed by atoms with Gasteiger partial charge >= 0.3 is 6.03 Å². The average Bonchev–Trinajstić information content (AvgIpc) is 3.34. The lowest BCUT2D eigenvalue weighted by molar-refractivity contribution is 0.171. The van der Waals surface area contributed by atoms with E-state index >= 15 is 0 Å². The largest absolute Gasteiger partial charge is 0.339 e. The lowest BCUT2D eigenvalue weighted by Gasteiger charge is -2.30. The Labute approximate surface area is 156 Å². The normalized spacial score (nSPS) is 17.6. The van der Waals surface area contributed by atoms with Crippen LogP contribution in [0.25, 0.3) is 5.65 Å². The van der Waals surface area contributed by atoms with Crippen LogP contribution in [0.4, 0.5) is 4.79 Å². The molecule has 27 heavy (non-hydrogen) atoms. The number of likely N-dealkylation sites (tertiary alicyclic amines) is 1. The van der Waals surface area contributed by atoms with Gasteiger partial charge in [-0.2, -0.15) is 4.98 Å². The third-order valence-electron chi connectivity index (χ3n) is 4.81. The fraction of sp³-hybridized carbons (Fsp3) is 0.500. The van der Waals surface area contributed by atoms with Gasteiger partial charge in [-0.25, -0.2) is 4.79 Å². The number of hydrogen-bond acceptors (Lipinski definition) is 6. The molecule has 9 nitrogen and oxygen atoms in total. The van der Waals surface area contributed by atoms with E-state index in [0.29, 0.717) is 37.2 Å². The maximum Gasteiger partial charge on any atom is 0.317 e. The van der Waals surface area contributed by atoms with E-state index in [1.807, 2.05) is 42.6 Å². The summed E-state index contributed by atoms with van der Waals surface area (Å²) in [4.78, 5) is 18.9. The van der Waals surface area contributed by atoms with Crippen LogP contribution in [0.2, 0.25) is 0 Å². The molecule has 0 aromatic carbocycles. The Hall–Kier alpha value is -2.97. The molecule has 0 unspecified atom stereocenters. The first-order valence-electron chi connectivity index (χ1n) is 9.26. The number of amides is 2. The van der Waals surface area contributed by atoms with Crippen molar-refractivity contribution in [2.45, 2.75) is 45.1 Å². The molecule has 2 amide bonds. The molecule has 1 N–H and O–H groups in total. The van der Waals surface area contributed by atoms with Crippen molar-refractivity contribution in [2.24, 2.45) is 0 Å². The lowest BCUT2D eigenvalue weighted by Crippen LogP contribution is -2.44. The molecule has 0 bridgehead atoms. The molecule has 0 radical (unpaired) electrons. The van der Waals surface area contributed by atoms with E-state index in [9.17, 15) is 4.79 Å². The highest BCUT2D eigenvalue weighted by atomic mass is 16.5. The van der Waals surface area contributed by atoms with Crippen LogP contribution in [0.3, 0.4) is 0 Å². The van der Waals surface area contributed by atoms with Gasteiger partial charge in [0.05, 0.1) is 12.5 Å². The van der Waals surface area contributed by atoms with Gasteiger partial charge in [-0.05, 0) is 25.0 Å². The number of hydrogen-bond donors (Lipinski definition) is 1. The summed E-state index contributed by atoms with van der Waals surface area (Å²) >= 11 is 0. The molecule has 142 valence electrons. The molecule has 3 aromatic rings. The van der Waals surface area contributed by atoms with Crippen LogP contribution in [-0.2, 0) is 6.54 Å². The van der Waals surface area contributed by atoms with Crippen molar-refractivity contribution in [3.63, 3.8) is 0 Å². The number of pyridine rings is 1. The number of aromatic nitrogens is 5. The van der Waals surface area contributed by atoms with E-state index < -0.39 is 0 Å². The fourth-order valence-electron chi connectivity index (χ4n) is 3.29. The summed E-state index contributed by atoms with van der Waals surface area (Å²) in [6, 6.07) is 5.58. The van der Waals surface area contributed by atoms with Gasteiger partial charge < -0.3 is 14.7 Å². The van der Waals surface area contributed by atoms with Crippen molar-refractivity contribution in [3.05, 3.63) is 41.9 Å². The summed E-state index contributed by atoms with van der Waals surface area (Å²) in [6.07, 6.45) is 3.74. The van der Waals surface area contributed by atoms with E-state index in [4.69, 9.17) is 4.52 Å². The monoisotopic (exact) mass is 369 g/mol. The fourth-order valence-corrected chi connectivity index (χ4v) is 3.29. The number of carbonyl (C=O) groups excluding carboxylic acids is 1. The van der Waals surface area contributed by atoms with Crippen LogP contribution in [0.15, 0.2) is 28.9 Å². The number of urea groups is 1. The van der Waals surface area contributed by atoms with Gasteiger partial charge in [0.15, 0.2) is 17.3 Å². The molecule has 0 spiro atoms. The van der Waals surface area contributed by atoms with Crippen LogP contribution in [-0.4, -0.2) is 48.8 Å². The van der Waals surface area contributed by atoms with Crippen LogP contribution in [0.1, 0.15) is 56.1 Å². The molecule has 4 rings (SSSR count). The molecule has 1 fully saturated rings. The van der Waals surface area contributed by atoms with Gasteiger partial charge in [0, 0.05) is 25.2 Å². The summed E-state index contributed by atoms with van der Waals surface area (Å²) in [5.41, 5.74) is 0.761. The zero-order valence-electron chi connectivity index (χ0n) is 15.5. The first-order valence-corrected chi connectivity index (χ1v) is 9.26. The minimum atomic E-state index is -0.115. The summed E-state index contributed by atoms with van der Waals surface area (Å²) in [7, 11) is 0. The highest BCUT2D eigenvalue weighted by Crippen LogP contribution is 2.26. The van der Waals surface area contributed by atoms with Gasteiger partial charge in [-0.15, -0.1) is 10.2 Å². The maximum atomic E-state index is 12.6. The highest BCUT2D eigenvalue weighted by Gasteiger charge is 2.29. The summed E-state index contributed by atoms with van der Waals surface area (Å²) in [5.74, 6) is 2.35. The molecule has 0 aliphatic carbocycles. The Bertz CT molecular complexity index is 933. The predicted molar refractivity (Wildman–Crippen MR) is 97.2 cm³/mol. The molecule has 1 aliphatic heterocycles. The van der Waals surface area contributed by atoms with Gasteiger partial charge in [-0.1, -0.05) is 25.1 Å². The summed E-state index contributed by atoms with van der Waals surface area (Å²) < 4.78 is 7.29. The van der Waals surface area contributed by atoms with Crippen molar-refractivity contribution in [3.8, 4) is 0 Å². The van der Waals surface area contributed by atoms with Crippen molar-refractivity contribution in [2.75, 3.05) is 13.1 Å². The van der Waals surface area contributed by atoms with E-state index in [2.05, 4.69) is 25.7 Å². The van der Waals surface area contributed by atoms with Gasteiger partial charge in [0.2, 0.25) is 5.89 Å². The summed E-state index contributed by atoms with van der Waals surface area (Å²) in [6.45, 7) is 5.68. The lowest BCUT2D eigenvalue weighted by atomic mass is 9.98. The third kappa shape index (κ3) is 3.62. The minimum absolute atomic E-state index is 0.0819. The van der Waals surface area contributed by atoms with Crippen molar-refractivity contribution in [1.82, 2.24) is 35.0 Å². The SMILES string of the molecule is CC(C)c1noc([C@@H]2CCCN(C(=O)NCc3nnc4ccccn34)C2)n1. The number of rotatable bonds is 4. The highest BCUT2D eigenvalue weighted by molar-refractivity contribution is 5.74. The van der Waals surface area contributed by atoms with E-state index in [-0.39, 0.29) is 17.9 Å². The van der Waals surface area contributed by atoms with Crippen LogP contribution < -0.4 is 5.32 Å². The van der Waals surface area contributed by atoms with Crippen LogP contribution in [0, 0.1) is 0 Å². The Balaban J connectivity index is 1.38. The molecule has 9 heteroatoms. The maximum absolute atomic E-state index is 12.6. The number of fused-ring (bicyclic) bond motifs is 1. The second-order valence-electron chi connectivity index (χ2n) is 7.13. The van der Waals surface area contributed by atoms with E-state index in [1.165, 1.54) is 0 Å². The van der Waals surface area contributed by atoms with Crippen LogP contribution in [0.5, 0.6) is 0 Å². The molecule has 1 aliphatic rings. The Morgan fingerprint density at radius 3 is 3.07 bits per heavy atom. The molecular formula is C18H23N7O2. The second kappa shape index (κ2) is 7.34. The first kappa shape index (κ1) is 17.4. The second-order valence-corrected chi connectivity index (χ2v) is 7.13. The Morgan fingerprint density at radius 2 is 2.26 bits per heavy atom. The molecule has 1 saturated heterocycles. The van der Waals surface area contributed by atoms with Gasteiger partial charge in [0.25, 0.3) is 0 Å². The number of carbonyl (C=O) groups is 1. The number of piperidine rings is 1. The van der Waals surface area contributed by atoms with Gasteiger partial charge in [0.1, 0.15) is 0 Å². The summed E-state index contributed by atoms with van der Waals surface area (Å²) in [5, 5.41) is 15.2. The van der Waals surface area contributed by atoms with E-state index in [1.54, 1.807) is 4.90 Å². The predicted octanol–water partition coefficient (Wildman–Crippen LogP) is 2.32. The van der Waals surface area contributed by atoms with E-state index in [0.717, 1.165) is 18.5 Å². The molecular weight excluding hydrogens is 346 g/mol. The first-order chi connectivity index (χ1) is 13.1. The topological polar surface area (TPSA) is 101 Å². The quantitative estimate of drug-likeness (QED) is 0.757. The minimum Gasteiger partial charge on any atom is -0.339 e. The molecule has 3 aromatic heterocycles. The third-order valence-corrected chi connectivity index (χ3v) is 4.81. The van der Waals surface area contributed by atoms with Crippen LogP contribution >= 0.6 is 0 Å².